The molecule has 33 heavy (non-hydrogen) atoms. The molecule has 0 radical (unpaired) electrons. The molecule has 2 saturated heterocycles. The molecule has 9 heteroatoms. The Bertz CT molecular complexity index is 938. The molecule has 1 atom stereocenters. The number of thiophene rings is 1. The zero-order valence-corrected chi connectivity index (χ0v) is 20.2. The summed E-state index contributed by atoms with van der Waals surface area (Å²) >= 11 is 1.66. The summed E-state index contributed by atoms with van der Waals surface area (Å²) in [6.45, 7) is 9.36. The molecule has 2 aromatic rings. The van der Waals surface area contributed by atoms with Crippen molar-refractivity contribution >= 4 is 34.5 Å². The largest absolute Gasteiger partial charge is 0.379 e. The fourth-order valence-corrected chi connectivity index (χ4v) is 5.14. The van der Waals surface area contributed by atoms with Gasteiger partial charge in [-0.3, -0.25) is 14.5 Å². The SMILES string of the molecule is Cc1cc(N2CCN(C)CC2)ccc1NC(=O)C(=O)NC[C@H](c1cccs1)N1CCOCC1. The van der Waals surface area contributed by atoms with E-state index in [1.165, 1.54) is 4.88 Å². The van der Waals surface area contributed by atoms with Crippen LogP contribution in [-0.4, -0.2) is 87.7 Å². The van der Waals surface area contributed by atoms with Crippen LogP contribution in [0.4, 0.5) is 11.4 Å². The minimum atomic E-state index is -0.641. The van der Waals surface area contributed by atoms with Gasteiger partial charge >= 0.3 is 11.8 Å². The Morgan fingerprint density at radius 3 is 2.48 bits per heavy atom. The van der Waals surface area contributed by atoms with Crippen molar-refractivity contribution in [2.45, 2.75) is 13.0 Å². The van der Waals surface area contributed by atoms with E-state index < -0.39 is 11.8 Å². The Morgan fingerprint density at radius 2 is 1.82 bits per heavy atom. The van der Waals surface area contributed by atoms with Crippen LogP contribution in [0.25, 0.3) is 0 Å². The van der Waals surface area contributed by atoms with Crippen molar-refractivity contribution < 1.29 is 14.3 Å². The maximum atomic E-state index is 12.6. The Morgan fingerprint density at radius 1 is 1.06 bits per heavy atom. The molecule has 3 heterocycles. The third-order valence-corrected chi connectivity index (χ3v) is 7.32. The molecule has 0 bridgehead atoms. The third-order valence-electron chi connectivity index (χ3n) is 6.35. The summed E-state index contributed by atoms with van der Waals surface area (Å²) in [5, 5.41) is 7.65. The lowest BCUT2D eigenvalue weighted by Gasteiger charge is -2.34. The average Bonchev–Trinajstić information content (AvgIpc) is 3.36. The second-order valence-electron chi connectivity index (χ2n) is 8.63. The lowest BCUT2D eigenvalue weighted by Crippen LogP contribution is -2.45. The van der Waals surface area contributed by atoms with Gasteiger partial charge in [0.05, 0.1) is 19.3 Å². The zero-order valence-electron chi connectivity index (χ0n) is 19.4. The number of likely N-dealkylation sites (N-methyl/N-ethyl adjacent to an activating group) is 1. The predicted octanol–water partition coefficient (Wildman–Crippen LogP) is 1.94. The summed E-state index contributed by atoms with van der Waals surface area (Å²) in [4.78, 5) is 33.3. The quantitative estimate of drug-likeness (QED) is 0.627. The molecule has 1 aromatic carbocycles. The number of piperazine rings is 1. The van der Waals surface area contributed by atoms with E-state index in [1.807, 2.05) is 30.5 Å². The van der Waals surface area contributed by atoms with Gasteiger partial charge < -0.3 is 25.2 Å². The zero-order chi connectivity index (χ0) is 23.2. The van der Waals surface area contributed by atoms with Gasteiger partial charge in [0.15, 0.2) is 0 Å². The molecule has 0 unspecified atom stereocenters. The van der Waals surface area contributed by atoms with Gasteiger partial charge in [-0.05, 0) is 49.2 Å². The number of anilines is 2. The summed E-state index contributed by atoms with van der Waals surface area (Å²) in [6, 6.07) is 10.1. The van der Waals surface area contributed by atoms with Crippen LogP contribution in [0.1, 0.15) is 16.5 Å². The number of rotatable bonds is 6. The number of nitrogens with one attached hydrogen (secondary N) is 2. The number of aryl methyl sites for hydroxylation is 1. The second-order valence-corrected chi connectivity index (χ2v) is 9.61. The van der Waals surface area contributed by atoms with Gasteiger partial charge in [0.1, 0.15) is 0 Å². The topological polar surface area (TPSA) is 77.1 Å². The first-order valence-electron chi connectivity index (χ1n) is 11.5. The minimum absolute atomic E-state index is 0.0373. The maximum absolute atomic E-state index is 12.6. The molecule has 2 amide bonds. The number of nitrogens with zero attached hydrogens (tertiary/aromatic N) is 3. The van der Waals surface area contributed by atoms with E-state index in [-0.39, 0.29) is 6.04 Å². The normalized spacial score (nSPS) is 18.7. The third kappa shape index (κ3) is 6.11. The Balaban J connectivity index is 1.33. The van der Waals surface area contributed by atoms with Crippen molar-refractivity contribution in [2.24, 2.45) is 0 Å². The highest BCUT2D eigenvalue weighted by molar-refractivity contribution is 7.10. The van der Waals surface area contributed by atoms with Crippen LogP contribution in [-0.2, 0) is 14.3 Å². The van der Waals surface area contributed by atoms with Gasteiger partial charge in [0.2, 0.25) is 0 Å². The van der Waals surface area contributed by atoms with Crippen molar-refractivity contribution in [1.29, 1.82) is 0 Å². The number of hydrogen-bond acceptors (Lipinski definition) is 7. The summed E-state index contributed by atoms with van der Waals surface area (Å²) in [6.07, 6.45) is 0. The van der Waals surface area contributed by atoms with Crippen molar-refractivity contribution in [2.75, 3.05) is 76.3 Å². The number of ether oxygens (including phenoxy) is 1. The van der Waals surface area contributed by atoms with Gasteiger partial charge in [-0.15, -0.1) is 11.3 Å². The van der Waals surface area contributed by atoms with E-state index in [4.69, 9.17) is 4.74 Å². The molecule has 8 nitrogen and oxygen atoms in total. The Hall–Kier alpha value is -2.46. The molecule has 0 spiro atoms. The fraction of sp³-hybridized carbons (Fsp3) is 0.500. The van der Waals surface area contributed by atoms with Gasteiger partial charge in [-0.25, -0.2) is 0 Å². The summed E-state index contributed by atoms with van der Waals surface area (Å²) in [7, 11) is 2.13. The van der Waals surface area contributed by atoms with Crippen LogP contribution in [0.5, 0.6) is 0 Å². The number of benzene rings is 1. The first-order chi connectivity index (χ1) is 16.0. The smallest absolute Gasteiger partial charge is 0.313 e. The molecule has 4 rings (SSSR count). The standard InChI is InChI=1S/C24H33N5O3S/c1-18-16-19(28-9-7-27(2)8-10-28)5-6-20(18)26-24(31)23(30)25-17-21(22-4-3-15-33-22)29-11-13-32-14-12-29/h3-6,15-16,21H,7-14,17H2,1-2H3,(H,25,30)(H,26,31)/t21-/m1/s1. The first-order valence-corrected chi connectivity index (χ1v) is 12.4. The van der Waals surface area contributed by atoms with E-state index in [0.717, 1.165) is 50.5 Å². The van der Waals surface area contributed by atoms with Gasteiger partial charge in [-0.1, -0.05) is 6.07 Å². The molecular formula is C24H33N5O3S. The molecule has 2 N–H and O–H groups in total. The highest BCUT2D eigenvalue weighted by Gasteiger charge is 2.25. The molecule has 2 aliphatic heterocycles. The van der Waals surface area contributed by atoms with Crippen LogP contribution < -0.4 is 15.5 Å². The van der Waals surface area contributed by atoms with Crippen LogP contribution in [0.2, 0.25) is 0 Å². The molecule has 0 saturated carbocycles. The van der Waals surface area contributed by atoms with E-state index in [0.29, 0.717) is 25.4 Å². The van der Waals surface area contributed by atoms with Gasteiger partial charge in [0.25, 0.3) is 0 Å². The number of morpholine rings is 1. The maximum Gasteiger partial charge on any atom is 0.313 e. The molecule has 0 aliphatic carbocycles. The molecular weight excluding hydrogens is 438 g/mol. The minimum Gasteiger partial charge on any atom is -0.379 e. The lowest BCUT2D eigenvalue weighted by atomic mass is 10.1. The molecule has 1 aromatic heterocycles. The van der Waals surface area contributed by atoms with E-state index in [2.05, 4.69) is 44.5 Å². The van der Waals surface area contributed by atoms with Crippen molar-refractivity contribution in [3.63, 3.8) is 0 Å². The predicted molar refractivity (Wildman–Crippen MR) is 132 cm³/mol. The van der Waals surface area contributed by atoms with Gasteiger partial charge in [0, 0.05) is 62.1 Å². The summed E-state index contributed by atoms with van der Waals surface area (Å²) in [5.74, 6) is -1.26. The Labute approximate surface area is 199 Å². The number of carbonyl (C=O) groups excluding carboxylic acids is 2. The fourth-order valence-electron chi connectivity index (χ4n) is 4.28. The first kappa shape index (κ1) is 23.7. The molecule has 178 valence electrons. The lowest BCUT2D eigenvalue weighted by molar-refractivity contribution is -0.136. The second kappa shape index (κ2) is 11.1. The highest BCUT2D eigenvalue weighted by Crippen LogP contribution is 2.26. The van der Waals surface area contributed by atoms with Crippen molar-refractivity contribution in [1.82, 2.24) is 15.1 Å². The van der Waals surface area contributed by atoms with E-state index in [9.17, 15) is 9.59 Å². The van der Waals surface area contributed by atoms with Crippen molar-refractivity contribution in [3.8, 4) is 0 Å². The van der Waals surface area contributed by atoms with E-state index >= 15 is 0 Å². The van der Waals surface area contributed by atoms with Crippen LogP contribution in [0, 0.1) is 6.92 Å². The number of carbonyl (C=O) groups is 2. The van der Waals surface area contributed by atoms with E-state index in [1.54, 1.807) is 11.3 Å². The van der Waals surface area contributed by atoms with Crippen LogP contribution in [0.15, 0.2) is 35.7 Å². The number of amides is 2. The molecule has 2 fully saturated rings. The Kier molecular flexibility index (Phi) is 7.97. The average molecular weight is 472 g/mol. The highest BCUT2D eigenvalue weighted by atomic mass is 32.1. The summed E-state index contributed by atoms with van der Waals surface area (Å²) < 4.78 is 5.47. The van der Waals surface area contributed by atoms with Crippen LogP contribution >= 0.6 is 11.3 Å². The van der Waals surface area contributed by atoms with Crippen LogP contribution in [0.3, 0.4) is 0 Å². The molecule has 2 aliphatic rings. The number of hydrogen-bond donors (Lipinski definition) is 2. The monoisotopic (exact) mass is 471 g/mol. The van der Waals surface area contributed by atoms with Gasteiger partial charge in [-0.2, -0.15) is 0 Å². The van der Waals surface area contributed by atoms with Crippen molar-refractivity contribution in [3.05, 3.63) is 46.2 Å². The summed E-state index contributed by atoms with van der Waals surface area (Å²) in [5.41, 5.74) is 2.75.